The van der Waals surface area contributed by atoms with Crippen molar-refractivity contribution in [1.29, 1.82) is 0 Å². The zero-order valence-corrected chi connectivity index (χ0v) is 17.0. The highest BCUT2D eigenvalue weighted by Crippen LogP contribution is 2.24. The van der Waals surface area contributed by atoms with E-state index in [-0.39, 0.29) is 0 Å². The third-order valence-electron chi connectivity index (χ3n) is 4.83. The molecule has 0 aliphatic heterocycles. The first-order valence-electron chi connectivity index (χ1n) is 9.37. The van der Waals surface area contributed by atoms with E-state index in [0.717, 1.165) is 16.5 Å². The molecule has 0 saturated carbocycles. The van der Waals surface area contributed by atoms with Gasteiger partial charge < -0.3 is 14.6 Å². The fraction of sp³-hybridized carbons (Fsp3) is 0.0833. The number of carbonyl (C=O) groups excluding carboxylic acids is 2. The number of halogens is 1. The molecule has 150 valence electrons. The molecule has 1 aromatic heterocycles. The van der Waals surface area contributed by atoms with Crippen LogP contribution < -0.4 is 10.1 Å². The summed E-state index contributed by atoms with van der Waals surface area (Å²) in [7, 11) is 1.54. The zero-order chi connectivity index (χ0) is 21.1. The minimum absolute atomic E-state index is 0.361. The second-order valence-corrected chi connectivity index (χ2v) is 7.27. The van der Waals surface area contributed by atoms with Crippen molar-refractivity contribution in [3.8, 4) is 5.75 Å². The number of nitrogens with one attached hydrogen (secondary N) is 1. The fourth-order valence-corrected chi connectivity index (χ4v) is 3.48. The van der Waals surface area contributed by atoms with Crippen LogP contribution >= 0.6 is 11.6 Å². The number of methoxy groups -OCH3 is 1. The Labute approximate surface area is 178 Å². The predicted octanol–water partition coefficient (Wildman–Crippen LogP) is 5.17. The van der Waals surface area contributed by atoms with E-state index < -0.39 is 11.7 Å². The zero-order valence-electron chi connectivity index (χ0n) is 16.3. The van der Waals surface area contributed by atoms with Gasteiger partial charge in [0.25, 0.3) is 11.7 Å². The molecular weight excluding hydrogens is 400 g/mol. The monoisotopic (exact) mass is 418 g/mol. The summed E-state index contributed by atoms with van der Waals surface area (Å²) in [5.41, 5.74) is 2.78. The number of carbonyl (C=O) groups is 2. The van der Waals surface area contributed by atoms with Crippen molar-refractivity contribution in [2.24, 2.45) is 0 Å². The van der Waals surface area contributed by atoms with Gasteiger partial charge >= 0.3 is 0 Å². The number of hydrogen-bond acceptors (Lipinski definition) is 3. The summed E-state index contributed by atoms with van der Waals surface area (Å²) in [5.74, 6) is -0.693. The summed E-state index contributed by atoms with van der Waals surface area (Å²) < 4.78 is 7.12. The maximum Gasteiger partial charge on any atom is 0.296 e. The highest BCUT2D eigenvalue weighted by molar-refractivity contribution is 6.48. The van der Waals surface area contributed by atoms with Crippen LogP contribution in [0.2, 0.25) is 5.02 Å². The number of fused-ring (bicyclic) bond motifs is 1. The molecule has 6 heteroatoms. The Morgan fingerprint density at radius 3 is 2.53 bits per heavy atom. The van der Waals surface area contributed by atoms with Gasteiger partial charge in [-0.2, -0.15) is 0 Å². The van der Waals surface area contributed by atoms with E-state index in [1.807, 2.05) is 53.1 Å². The quantitative estimate of drug-likeness (QED) is 0.347. The summed E-state index contributed by atoms with van der Waals surface area (Å²) in [4.78, 5) is 25.6. The summed E-state index contributed by atoms with van der Waals surface area (Å²) in [6, 6.07) is 22.0. The lowest BCUT2D eigenvalue weighted by molar-refractivity contribution is -0.112. The van der Waals surface area contributed by atoms with Crippen molar-refractivity contribution in [2.75, 3.05) is 12.4 Å². The smallest absolute Gasteiger partial charge is 0.296 e. The normalized spacial score (nSPS) is 10.7. The first-order valence-corrected chi connectivity index (χ1v) is 9.75. The van der Waals surface area contributed by atoms with Crippen LogP contribution in [0.3, 0.4) is 0 Å². The first kappa shape index (κ1) is 19.7. The Hall–Kier alpha value is -3.57. The number of amides is 1. The Balaban J connectivity index is 1.63. The Kier molecular flexibility index (Phi) is 5.55. The van der Waals surface area contributed by atoms with E-state index in [1.165, 1.54) is 0 Å². The molecule has 30 heavy (non-hydrogen) atoms. The molecule has 0 radical (unpaired) electrons. The van der Waals surface area contributed by atoms with E-state index in [2.05, 4.69) is 5.32 Å². The van der Waals surface area contributed by atoms with Crippen molar-refractivity contribution in [1.82, 2.24) is 4.57 Å². The summed E-state index contributed by atoms with van der Waals surface area (Å²) >= 11 is 5.97. The number of Topliss-reactive ketones (excluding diaryl/α,β-unsaturated/α-hetero) is 1. The van der Waals surface area contributed by atoms with Crippen LogP contribution in [0.25, 0.3) is 10.9 Å². The minimum Gasteiger partial charge on any atom is -0.497 e. The van der Waals surface area contributed by atoms with E-state index in [1.54, 1.807) is 37.6 Å². The van der Waals surface area contributed by atoms with E-state index >= 15 is 0 Å². The molecule has 3 aromatic carbocycles. The topological polar surface area (TPSA) is 60.3 Å². The van der Waals surface area contributed by atoms with Crippen molar-refractivity contribution in [2.45, 2.75) is 6.54 Å². The van der Waals surface area contributed by atoms with Gasteiger partial charge in [0.1, 0.15) is 5.75 Å². The number of ether oxygens (including phenoxy) is 1. The van der Waals surface area contributed by atoms with Crippen molar-refractivity contribution < 1.29 is 14.3 Å². The van der Waals surface area contributed by atoms with Crippen molar-refractivity contribution >= 4 is 39.9 Å². The summed E-state index contributed by atoms with van der Waals surface area (Å²) in [5, 5.41) is 4.05. The summed E-state index contributed by atoms with van der Waals surface area (Å²) in [6.07, 6.45) is 1.73. The maximum atomic E-state index is 13.0. The fourth-order valence-electron chi connectivity index (χ4n) is 3.36. The molecule has 4 aromatic rings. The molecular formula is C24H19ClN2O3. The number of anilines is 1. The molecule has 1 heterocycles. The number of para-hydroxylation sites is 1. The number of rotatable bonds is 6. The third-order valence-corrected chi connectivity index (χ3v) is 5.09. The average molecular weight is 419 g/mol. The third kappa shape index (κ3) is 4.07. The van der Waals surface area contributed by atoms with Crippen molar-refractivity contribution in [3.63, 3.8) is 0 Å². The molecule has 1 N–H and O–H groups in total. The van der Waals surface area contributed by atoms with Crippen LogP contribution in [0.1, 0.15) is 15.9 Å². The molecule has 0 saturated heterocycles. The Morgan fingerprint density at radius 2 is 1.77 bits per heavy atom. The molecule has 0 fully saturated rings. The Bertz CT molecular complexity index is 1230. The van der Waals surface area contributed by atoms with Crippen LogP contribution in [0.15, 0.2) is 79.0 Å². The van der Waals surface area contributed by atoms with Crippen LogP contribution in [0, 0.1) is 0 Å². The molecule has 1 amide bonds. The van der Waals surface area contributed by atoms with Gasteiger partial charge in [0, 0.05) is 40.4 Å². The van der Waals surface area contributed by atoms with Gasteiger partial charge in [-0.25, -0.2) is 0 Å². The second kappa shape index (κ2) is 8.43. The van der Waals surface area contributed by atoms with Gasteiger partial charge in [0.2, 0.25) is 0 Å². The number of ketones is 1. The standard InChI is InChI=1S/C24H19ClN2O3/c1-30-19-6-4-5-18(13-19)26-24(29)23(28)21-15-27(22-8-3-2-7-20(21)22)14-16-9-11-17(25)12-10-16/h2-13,15H,14H2,1H3,(H,26,29). The first-order chi connectivity index (χ1) is 14.5. The molecule has 4 rings (SSSR count). The van der Waals surface area contributed by atoms with Gasteiger partial charge in [-0.05, 0) is 35.9 Å². The Morgan fingerprint density at radius 1 is 1.00 bits per heavy atom. The lowest BCUT2D eigenvalue weighted by Crippen LogP contribution is -2.22. The SMILES string of the molecule is COc1cccc(NC(=O)C(=O)c2cn(Cc3ccc(Cl)cc3)c3ccccc23)c1. The molecule has 5 nitrogen and oxygen atoms in total. The lowest BCUT2D eigenvalue weighted by atomic mass is 10.1. The van der Waals surface area contributed by atoms with Gasteiger partial charge in [0.05, 0.1) is 12.7 Å². The number of hydrogen-bond donors (Lipinski definition) is 1. The van der Waals surface area contributed by atoms with Crippen LogP contribution in [-0.4, -0.2) is 23.4 Å². The predicted molar refractivity (Wildman–Crippen MR) is 118 cm³/mol. The van der Waals surface area contributed by atoms with Gasteiger partial charge in [-0.1, -0.05) is 48.0 Å². The van der Waals surface area contributed by atoms with E-state index in [4.69, 9.17) is 16.3 Å². The molecule has 0 spiro atoms. The summed E-state index contributed by atoms with van der Waals surface area (Å²) in [6.45, 7) is 0.558. The van der Waals surface area contributed by atoms with Gasteiger partial charge in [0.15, 0.2) is 0 Å². The van der Waals surface area contributed by atoms with Gasteiger partial charge in [-0.3, -0.25) is 9.59 Å². The average Bonchev–Trinajstić information content (AvgIpc) is 3.13. The minimum atomic E-state index is -0.697. The maximum absolute atomic E-state index is 13.0. The van der Waals surface area contributed by atoms with Crippen LogP contribution in [0.4, 0.5) is 5.69 Å². The molecule has 0 aliphatic carbocycles. The number of nitrogens with zero attached hydrogens (tertiary/aromatic N) is 1. The number of benzene rings is 3. The van der Waals surface area contributed by atoms with Gasteiger partial charge in [-0.15, -0.1) is 0 Å². The van der Waals surface area contributed by atoms with Crippen molar-refractivity contribution in [3.05, 3.63) is 95.1 Å². The van der Waals surface area contributed by atoms with Crippen LogP contribution in [0.5, 0.6) is 5.75 Å². The molecule has 0 atom stereocenters. The lowest BCUT2D eigenvalue weighted by Gasteiger charge is -2.06. The number of aromatic nitrogens is 1. The molecule has 0 bridgehead atoms. The molecule has 0 unspecified atom stereocenters. The molecule has 0 aliphatic rings. The second-order valence-electron chi connectivity index (χ2n) is 6.83. The van der Waals surface area contributed by atoms with E-state index in [9.17, 15) is 9.59 Å². The largest absolute Gasteiger partial charge is 0.497 e. The van der Waals surface area contributed by atoms with E-state index in [0.29, 0.717) is 28.6 Å². The highest BCUT2D eigenvalue weighted by Gasteiger charge is 2.22. The van der Waals surface area contributed by atoms with Crippen LogP contribution in [-0.2, 0) is 11.3 Å². The highest BCUT2D eigenvalue weighted by atomic mass is 35.5.